The molecule has 1 saturated heterocycles. The van der Waals surface area contributed by atoms with Crippen molar-refractivity contribution in [2.75, 3.05) is 39.0 Å². The van der Waals surface area contributed by atoms with Crippen molar-refractivity contribution in [1.29, 1.82) is 0 Å². The van der Waals surface area contributed by atoms with Gasteiger partial charge in [0.2, 0.25) is 10.0 Å². The van der Waals surface area contributed by atoms with E-state index in [1.165, 1.54) is 9.87 Å². The van der Waals surface area contributed by atoms with Gasteiger partial charge in [0, 0.05) is 51.9 Å². The molecule has 2 unspecified atom stereocenters. The molecule has 2 rings (SSSR count). The van der Waals surface area contributed by atoms with Gasteiger partial charge in [-0.3, -0.25) is 9.89 Å². The number of piperidine rings is 1. The molecule has 1 heterocycles. The van der Waals surface area contributed by atoms with E-state index in [1.54, 1.807) is 7.05 Å². The van der Waals surface area contributed by atoms with Gasteiger partial charge in [-0.05, 0) is 25.3 Å². The molecule has 0 saturated carbocycles. The summed E-state index contributed by atoms with van der Waals surface area (Å²) < 4.78 is 26.1. The Morgan fingerprint density at radius 2 is 1.90 bits per heavy atom. The van der Waals surface area contributed by atoms with Crippen LogP contribution in [-0.2, 0) is 16.6 Å². The molecule has 1 aliphatic rings. The summed E-state index contributed by atoms with van der Waals surface area (Å²) in [7, 11) is -1.50. The smallest absolute Gasteiger partial charge is 0.215 e. The summed E-state index contributed by atoms with van der Waals surface area (Å²) in [4.78, 5) is 6.79. The lowest BCUT2D eigenvalue weighted by atomic mass is 9.97. The molecule has 1 aliphatic heterocycles. The van der Waals surface area contributed by atoms with Crippen LogP contribution in [0, 0.1) is 0 Å². The van der Waals surface area contributed by atoms with Crippen LogP contribution in [0.5, 0.6) is 0 Å². The number of rotatable bonds is 9. The molecule has 172 valence electrons. The summed E-state index contributed by atoms with van der Waals surface area (Å²) in [6.45, 7) is 9.35. The normalized spacial score (nSPS) is 20.6. The summed E-state index contributed by atoms with van der Waals surface area (Å²) in [6, 6.07) is 11.4. The highest BCUT2D eigenvalue weighted by molar-refractivity contribution is 14.0. The number of hydrogen-bond acceptors (Lipinski definition) is 4. The Hall–Kier alpha value is -0.910. The van der Waals surface area contributed by atoms with Gasteiger partial charge in [0.05, 0.1) is 5.75 Å². The van der Waals surface area contributed by atoms with Crippen LogP contribution in [0.15, 0.2) is 35.3 Å². The maximum absolute atomic E-state index is 12.3. The van der Waals surface area contributed by atoms with Crippen molar-refractivity contribution in [1.82, 2.24) is 19.8 Å². The fourth-order valence-electron chi connectivity index (χ4n) is 3.84. The highest BCUT2D eigenvalue weighted by atomic mass is 127. The van der Waals surface area contributed by atoms with Crippen LogP contribution in [-0.4, -0.2) is 74.6 Å². The van der Waals surface area contributed by atoms with Crippen LogP contribution in [0.3, 0.4) is 0 Å². The van der Waals surface area contributed by atoms with Crippen molar-refractivity contribution in [3.05, 3.63) is 35.9 Å². The highest BCUT2D eigenvalue weighted by Gasteiger charge is 2.26. The second-order valence-electron chi connectivity index (χ2n) is 7.57. The van der Waals surface area contributed by atoms with E-state index in [2.05, 4.69) is 57.8 Å². The summed E-state index contributed by atoms with van der Waals surface area (Å²) in [5.74, 6) is 0.745. The summed E-state index contributed by atoms with van der Waals surface area (Å²) in [5, 5.41) is 6.63. The fourth-order valence-corrected chi connectivity index (χ4v) is 5.24. The Balaban J connectivity index is 0.00000450. The summed E-state index contributed by atoms with van der Waals surface area (Å²) in [5.41, 5.74) is 1.35. The molecule has 2 atom stereocenters. The maximum Gasteiger partial charge on any atom is 0.215 e. The van der Waals surface area contributed by atoms with E-state index >= 15 is 0 Å². The van der Waals surface area contributed by atoms with Gasteiger partial charge in [-0.2, -0.15) is 0 Å². The number of nitrogens with one attached hydrogen (secondary N) is 2. The van der Waals surface area contributed by atoms with Crippen LogP contribution >= 0.6 is 24.0 Å². The van der Waals surface area contributed by atoms with Crippen molar-refractivity contribution in [2.45, 2.75) is 52.2 Å². The van der Waals surface area contributed by atoms with Crippen LogP contribution in [0.2, 0.25) is 0 Å². The number of guanidine groups is 1. The monoisotopic (exact) mass is 551 g/mol. The number of halogens is 1. The predicted octanol–water partition coefficient (Wildman–Crippen LogP) is 2.49. The van der Waals surface area contributed by atoms with Gasteiger partial charge in [0.25, 0.3) is 0 Å². The Morgan fingerprint density at radius 1 is 1.23 bits per heavy atom. The Kier molecular flexibility index (Phi) is 12.2. The van der Waals surface area contributed by atoms with Gasteiger partial charge in [0.1, 0.15) is 0 Å². The van der Waals surface area contributed by atoms with Crippen molar-refractivity contribution < 1.29 is 8.42 Å². The minimum Gasteiger partial charge on any atom is -0.355 e. The highest BCUT2D eigenvalue weighted by Crippen LogP contribution is 2.19. The molecule has 1 aromatic rings. The first-order chi connectivity index (χ1) is 13.9. The van der Waals surface area contributed by atoms with Gasteiger partial charge in [0.15, 0.2) is 5.96 Å². The first-order valence-corrected chi connectivity index (χ1v) is 12.2. The number of hydrogen-bond donors (Lipinski definition) is 2. The molecule has 2 N–H and O–H groups in total. The van der Waals surface area contributed by atoms with Crippen LogP contribution in [0.1, 0.15) is 39.2 Å². The third-order valence-corrected chi connectivity index (χ3v) is 7.58. The molecule has 1 fully saturated rings. The first kappa shape index (κ1) is 27.1. The van der Waals surface area contributed by atoms with E-state index in [-0.39, 0.29) is 29.7 Å². The fraction of sp³-hybridized carbons (Fsp3) is 0.667. The van der Waals surface area contributed by atoms with E-state index in [0.717, 1.165) is 25.9 Å². The third-order valence-electron chi connectivity index (χ3n) is 5.56. The van der Waals surface area contributed by atoms with Crippen LogP contribution in [0.4, 0.5) is 0 Å². The lowest BCUT2D eigenvalue weighted by Crippen LogP contribution is -2.51. The van der Waals surface area contributed by atoms with Gasteiger partial charge < -0.3 is 10.6 Å². The predicted molar refractivity (Wildman–Crippen MR) is 136 cm³/mol. The summed E-state index contributed by atoms with van der Waals surface area (Å²) >= 11 is 0. The van der Waals surface area contributed by atoms with E-state index in [0.29, 0.717) is 37.7 Å². The van der Waals surface area contributed by atoms with Crippen molar-refractivity contribution in [3.63, 3.8) is 0 Å². The Bertz CT molecular complexity index is 741. The van der Waals surface area contributed by atoms with E-state index in [1.807, 2.05) is 13.8 Å². The molecule has 9 heteroatoms. The minimum absolute atomic E-state index is 0. The molecular weight excluding hydrogens is 513 g/mol. The second kappa shape index (κ2) is 13.5. The molecule has 0 aliphatic carbocycles. The van der Waals surface area contributed by atoms with E-state index < -0.39 is 10.0 Å². The number of likely N-dealkylation sites (tertiary alicyclic amines) is 1. The minimum atomic E-state index is -3.22. The standard InChI is InChI=1S/C21H37N5O2S.HI/c1-5-26(6-2)29(27,28)15-13-23-21(22-4)24-20-12-14-25(18(3)16-20)17-19-10-8-7-9-11-19;/h7-11,18,20H,5-6,12-17H2,1-4H3,(H2,22,23,24);1H. The SMILES string of the molecule is CCN(CC)S(=O)(=O)CCNC(=NC)NC1CCN(Cc2ccccc2)C(C)C1.I. The number of sulfonamides is 1. The van der Waals surface area contributed by atoms with Gasteiger partial charge in [-0.25, -0.2) is 12.7 Å². The third kappa shape index (κ3) is 8.32. The molecule has 0 amide bonds. The van der Waals surface area contributed by atoms with Crippen LogP contribution in [0.25, 0.3) is 0 Å². The quantitative estimate of drug-likeness (QED) is 0.280. The van der Waals surface area contributed by atoms with Crippen LogP contribution < -0.4 is 10.6 Å². The Labute approximate surface area is 199 Å². The molecule has 7 nitrogen and oxygen atoms in total. The van der Waals surface area contributed by atoms with Crippen molar-refractivity contribution >= 4 is 40.0 Å². The lowest BCUT2D eigenvalue weighted by molar-refractivity contribution is 0.134. The molecule has 1 aromatic carbocycles. The van der Waals surface area contributed by atoms with E-state index in [4.69, 9.17) is 0 Å². The molecule has 0 spiro atoms. The van der Waals surface area contributed by atoms with Crippen molar-refractivity contribution in [3.8, 4) is 0 Å². The lowest BCUT2D eigenvalue weighted by Gasteiger charge is -2.38. The van der Waals surface area contributed by atoms with E-state index in [9.17, 15) is 8.42 Å². The first-order valence-electron chi connectivity index (χ1n) is 10.6. The molecule has 0 radical (unpaired) electrons. The topological polar surface area (TPSA) is 77.0 Å². The number of benzene rings is 1. The Morgan fingerprint density at radius 3 is 2.47 bits per heavy atom. The molecular formula is C21H38IN5O2S. The zero-order chi connectivity index (χ0) is 21.3. The average Bonchev–Trinajstić information content (AvgIpc) is 2.70. The number of aliphatic imine (C=N–C) groups is 1. The molecule has 0 aromatic heterocycles. The van der Waals surface area contributed by atoms with Gasteiger partial charge in [-0.15, -0.1) is 24.0 Å². The van der Waals surface area contributed by atoms with Gasteiger partial charge in [-0.1, -0.05) is 44.2 Å². The van der Waals surface area contributed by atoms with Crippen molar-refractivity contribution in [2.24, 2.45) is 4.99 Å². The zero-order valence-electron chi connectivity index (χ0n) is 18.7. The number of nitrogens with zero attached hydrogens (tertiary/aromatic N) is 3. The second-order valence-corrected chi connectivity index (χ2v) is 9.66. The molecule has 30 heavy (non-hydrogen) atoms. The van der Waals surface area contributed by atoms with Gasteiger partial charge >= 0.3 is 0 Å². The molecule has 0 bridgehead atoms. The maximum atomic E-state index is 12.3. The summed E-state index contributed by atoms with van der Waals surface area (Å²) in [6.07, 6.45) is 2.07. The average molecular weight is 552 g/mol. The zero-order valence-corrected chi connectivity index (χ0v) is 21.8. The largest absolute Gasteiger partial charge is 0.355 e.